The molecule has 2 fully saturated rings. The number of rotatable bonds is 5. The van der Waals surface area contributed by atoms with Crippen molar-refractivity contribution < 1.29 is 40.6 Å². The summed E-state index contributed by atoms with van der Waals surface area (Å²) >= 11 is 0. The van der Waals surface area contributed by atoms with Crippen molar-refractivity contribution in [2.45, 2.75) is 50.1 Å². The van der Waals surface area contributed by atoms with Crippen molar-refractivity contribution >= 4 is 16.0 Å². The van der Waals surface area contributed by atoms with Gasteiger partial charge in [-0.25, -0.2) is 17.9 Å². The molecule has 0 bridgehead atoms. The minimum absolute atomic E-state index is 0.0163. The van der Waals surface area contributed by atoms with Gasteiger partial charge in [0.2, 0.25) is 10.0 Å². The molecule has 1 spiro atoms. The number of carboxylic acids is 1. The molecule has 0 aromatic carbocycles. The van der Waals surface area contributed by atoms with Crippen molar-refractivity contribution in [3.8, 4) is 0 Å². The second-order valence-electron chi connectivity index (χ2n) is 7.33. The topological polar surface area (TPSA) is 109 Å². The number of alkyl halides is 3. The van der Waals surface area contributed by atoms with Gasteiger partial charge in [0, 0.05) is 31.7 Å². The van der Waals surface area contributed by atoms with Gasteiger partial charge in [-0.15, -0.1) is 0 Å². The Bertz CT molecular complexity index is 769. The number of furan rings is 1. The Morgan fingerprint density at radius 1 is 1.41 bits per heavy atom. The lowest BCUT2D eigenvalue weighted by Crippen LogP contribution is -2.46. The molecule has 0 unspecified atom stereocenters. The van der Waals surface area contributed by atoms with E-state index in [1.165, 1.54) is 11.8 Å². The van der Waals surface area contributed by atoms with Gasteiger partial charge in [0.05, 0.1) is 30.5 Å². The Morgan fingerprint density at radius 3 is 2.66 bits per heavy atom. The van der Waals surface area contributed by atoms with E-state index < -0.39 is 22.2 Å². The van der Waals surface area contributed by atoms with Crippen LogP contribution < -0.4 is 4.72 Å². The maximum absolute atomic E-state index is 11.2. The Labute approximate surface area is 167 Å². The van der Waals surface area contributed by atoms with Crippen LogP contribution in [0.15, 0.2) is 23.0 Å². The zero-order valence-electron chi connectivity index (χ0n) is 15.9. The van der Waals surface area contributed by atoms with Crippen LogP contribution in [0.5, 0.6) is 0 Å². The summed E-state index contributed by atoms with van der Waals surface area (Å²) in [6.07, 6.45) is 3.66. The molecule has 2 aliphatic rings. The molecule has 8 nitrogen and oxygen atoms in total. The maximum Gasteiger partial charge on any atom is 0.490 e. The molecule has 166 valence electrons. The first-order chi connectivity index (χ1) is 13.4. The molecule has 3 heterocycles. The quantitative estimate of drug-likeness (QED) is 0.718. The predicted octanol–water partition coefficient (Wildman–Crippen LogP) is 1.98. The molecule has 2 aliphatic heterocycles. The van der Waals surface area contributed by atoms with Crippen molar-refractivity contribution in [1.82, 2.24) is 9.62 Å². The number of hydrogen-bond donors (Lipinski definition) is 2. The van der Waals surface area contributed by atoms with Gasteiger partial charge in [0.15, 0.2) is 0 Å². The van der Waals surface area contributed by atoms with Gasteiger partial charge < -0.3 is 14.3 Å². The lowest BCUT2D eigenvalue weighted by molar-refractivity contribution is -0.192. The number of sulfonamides is 1. The standard InChI is InChI=1S/C15H24N2O4S.C2HF3O2/c1-22(18,19)16-9-14-3-2-5-15(21-14)6-7-17(12-15)10-13-4-8-20-11-13;3-2(4,5)1(6)7/h4,8,11,14,16H,2-3,5-7,9-10,12H2,1H3;(H,6,7)/t14-,15-;/m1./s1. The van der Waals surface area contributed by atoms with E-state index in [0.717, 1.165) is 45.3 Å². The number of likely N-dealkylation sites (tertiary alicyclic amines) is 1. The molecule has 29 heavy (non-hydrogen) atoms. The molecule has 2 saturated heterocycles. The first-order valence-electron chi connectivity index (χ1n) is 9.05. The fourth-order valence-electron chi connectivity index (χ4n) is 3.51. The van der Waals surface area contributed by atoms with Gasteiger partial charge in [0.25, 0.3) is 0 Å². The zero-order chi connectivity index (χ0) is 21.7. The molecule has 2 atom stereocenters. The summed E-state index contributed by atoms with van der Waals surface area (Å²) in [5.41, 5.74) is 1.08. The first-order valence-corrected chi connectivity index (χ1v) is 10.9. The lowest BCUT2D eigenvalue weighted by atomic mass is 9.90. The molecule has 0 radical (unpaired) electrons. The van der Waals surface area contributed by atoms with Crippen LogP contribution in [-0.4, -0.2) is 68.2 Å². The lowest BCUT2D eigenvalue weighted by Gasteiger charge is -2.38. The summed E-state index contributed by atoms with van der Waals surface area (Å²) in [6.45, 7) is 3.18. The minimum atomic E-state index is -5.08. The van der Waals surface area contributed by atoms with E-state index in [4.69, 9.17) is 19.1 Å². The van der Waals surface area contributed by atoms with E-state index in [-0.39, 0.29) is 11.7 Å². The second kappa shape index (κ2) is 9.45. The number of ether oxygens (including phenoxy) is 1. The molecule has 0 aliphatic carbocycles. The SMILES string of the molecule is CS(=O)(=O)NC[C@H]1CCC[C@]2(CCN(Cc3ccoc3)C2)O1.O=C(O)C(F)(F)F. The average molecular weight is 442 g/mol. The Balaban J connectivity index is 0.000000370. The number of hydrogen-bond acceptors (Lipinski definition) is 6. The van der Waals surface area contributed by atoms with Crippen LogP contribution in [0, 0.1) is 0 Å². The monoisotopic (exact) mass is 442 g/mol. The van der Waals surface area contributed by atoms with E-state index in [9.17, 15) is 21.6 Å². The van der Waals surface area contributed by atoms with Crippen LogP contribution in [0.2, 0.25) is 0 Å². The number of nitrogens with one attached hydrogen (secondary N) is 1. The van der Waals surface area contributed by atoms with Gasteiger partial charge in [-0.2, -0.15) is 13.2 Å². The van der Waals surface area contributed by atoms with Crippen molar-refractivity contribution in [2.75, 3.05) is 25.9 Å². The van der Waals surface area contributed by atoms with Gasteiger partial charge >= 0.3 is 12.1 Å². The van der Waals surface area contributed by atoms with Crippen molar-refractivity contribution in [2.24, 2.45) is 0 Å². The molecule has 1 aromatic rings. The van der Waals surface area contributed by atoms with Crippen LogP contribution >= 0.6 is 0 Å². The highest BCUT2D eigenvalue weighted by Gasteiger charge is 2.43. The molecule has 3 rings (SSSR count). The van der Waals surface area contributed by atoms with Crippen LogP contribution in [0.4, 0.5) is 13.2 Å². The Morgan fingerprint density at radius 2 is 2.10 bits per heavy atom. The second-order valence-corrected chi connectivity index (χ2v) is 9.16. The largest absolute Gasteiger partial charge is 0.490 e. The van der Waals surface area contributed by atoms with E-state index in [1.807, 2.05) is 6.07 Å². The normalized spacial score (nSPS) is 25.6. The summed E-state index contributed by atoms with van der Waals surface area (Å²) in [7, 11) is -3.15. The molecular formula is C17H25F3N2O6S. The number of carbonyl (C=O) groups is 1. The molecule has 2 N–H and O–H groups in total. The van der Waals surface area contributed by atoms with Crippen molar-refractivity contribution in [3.05, 3.63) is 24.2 Å². The fourth-order valence-corrected chi connectivity index (χ4v) is 4.00. The summed E-state index contributed by atoms with van der Waals surface area (Å²) in [5.74, 6) is -2.76. The Kier molecular flexibility index (Phi) is 7.71. The molecule has 12 heteroatoms. The van der Waals surface area contributed by atoms with Gasteiger partial charge in [-0.3, -0.25) is 4.90 Å². The molecular weight excluding hydrogens is 417 g/mol. The third kappa shape index (κ3) is 7.96. The number of aliphatic carboxylic acids is 1. The highest BCUT2D eigenvalue weighted by atomic mass is 32.2. The van der Waals surface area contributed by atoms with E-state index in [1.54, 1.807) is 12.5 Å². The van der Waals surface area contributed by atoms with E-state index in [2.05, 4.69) is 9.62 Å². The number of nitrogens with zero attached hydrogens (tertiary/aromatic N) is 1. The van der Waals surface area contributed by atoms with Gasteiger partial charge in [-0.1, -0.05) is 0 Å². The molecule has 1 aromatic heterocycles. The van der Waals surface area contributed by atoms with Gasteiger partial charge in [-0.05, 0) is 31.7 Å². The number of carboxylic acid groups (broad SMARTS) is 1. The average Bonchev–Trinajstić information content (AvgIpc) is 3.23. The third-order valence-corrected chi connectivity index (χ3v) is 5.46. The summed E-state index contributed by atoms with van der Waals surface area (Å²) in [5, 5.41) is 7.12. The summed E-state index contributed by atoms with van der Waals surface area (Å²) < 4.78 is 68.2. The van der Waals surface area contributed by atoms with Crippen molar-refractivity contribution in [3.63, 3.8) is 0 Å². The maximum atomic E-state index is 11.2. The zero-order valence-corrected chi connectivity index (χ0v) is 16.8. The molecule has 0 amide bonds. The first kappa shape index (κ1) is 23.6. The predicted molar refractivity (Wildman–Crippen MR) is 96.6 cm³/mol. The van der Waals surface area contributed by atoms with E-state index >= 15 is 0 Å². The molecule has 0 saturated carbocycles. The third-order valence-electron chi connectivity index (χ3n) is 4.77. The highest BCUT2D eigenvalue weighted by molar-refractivity contribution is 7.88. The smallest absolute Gasteiger partial charge is 0.475 e. The van der Waals surface area contributed by atoms with Crippen LogP contribution in [-0.2, 0) is 26.1 Å². The number of halogens is 3. The van der Waals surface area contributed by atoms with Crippen molar-refractivity contribution in [1.29, 1.82) is 0 Å². The van der Waals surface area contributed by atoms with Crippen LogP contribution in [0.25, 0.3) is 0 Å². The summed E-state index contributed by atoms with van der Waals surface area (Å²) in [6, 6.07) is 1.99. The van der Waals surface area contributed by atoms with E-state index in [0.29, 0.717) is 6.54 Å². The minimum Gasteiger partial charge on any atom is -0.475 e. The summed E-state index contributed by atoms with van der Waals surface area (Å²) in [4.78, 5) is 11.3. The highest BCUT2D eigenvalue weighted by Crippen LogP contribution is 2.37. The van der Waals surface area contributed by atoms with Gasteiger partial charge in [0.1, 0.15) is 0 Å². The fraction of sp³-hybridized carbons (Fsp3) is 0.706. The van der Waals surface area contributed by atoms with Crippen LogP contribution in [0.1, 0.15) is 31.2 Å². The Hall–Kier alpha value is -1.63. The van der Waals surface area contributed by atoms with Crippen LogP contribution in [0.3, 0.4) is 0 Å².